The third-order valence-corrected chi connectivity index (χ3v) is 13.0. The first-order valence-corrected chi connectivity index (χ1v) is 23.3. The summed E-state index contributed by atoms with van der Waals surface area (Å²) in [5.74, 6) is 2.84. The lowest BCUT2D eigenvalue weighted by Crippen LogP contribution is -3.00. The highest BCUT2D eigenvalue weighted by Crippen LogP contribution is 2.51. The molecule has 8 aromatic carbocycles. The maximum Gasteiger partial charge on any atom is 0.244 e. The molecule has 0 fully saturated rings. The molecule has 0 spiro atoms. The Bertz CT molecular complexity index is 3100. The Kier molecular flexibility index (Phi) is 15.3. The van der Waals surface area contributed by atoms with Gasteiger partial charge in [0.1, 0.15) is 74.0 Å². The Morgan fingerprint density at radius 2 is 0.667 bits per heavy atom. The Morgan fingerprint density at radius 3 is 0.972 bits per heavy atom. The van der Waals surface area contributed by atoms with Crippen LogP contribution in [0.4, 0.5) is 0 Å². The van der Waals surface area contributed by atoms with Crippen molar-refractivity contribution >= 4 is 43.1 Å². The number of halogens is 2. The summed E-state index contributed by atoms with van der Waals surface area (Å²) in [5, 5.41) is 8.36. The molecule has 0 radical (unpaired) electrons. The molecule has 12 nitrogen and oxygen atoms in total. The van der Waals surface area contributed by atoms with E-state index >= 15 is 0 Å². The van der Waals surface area contributed by atoms with Crippen molar-refractivity contribution in [2.24, 2.45) is 0 Å². The van der Waals surface area contributed by atoms with E-state index in [4.69, 9.17) is 37.9 Å². The maximum absolute atomic E-state index is 6.77. The minimum atomic E-state index is 0. The topological polar surface area (TPSA) is 91.5 Å². The average molecular weight is 1010 g/mol. The number of imidazole rings is 2. The average Bonchev–Trinajstić information content (AvgIpc) is 4.03. The van der Waals surface area contributed by atoms with Crippen molar-refractivity contribution in [3.63, 3.8) is 0 Å². The van der Waals surface area contributed by atoms with Crippen LogP contribution in [-0.2, 0) is 45.1 Å². The predicted octanol–water partition coefficient (Wildman–Crippen LogP) is 4.26. The molecule has 14 heteroatoms. The molecule has 0 amide bonds. The SMILES string of the molecule is COCOc1c2cc3ccccc3c1-c1c(OCOC)c(cc3ccccc13)C[n+]1ccn(c1)Cc1cc3ccccc3c(c1OCOC)-c1c(OCOC)c(cc3ccccc13)C[n+]1ccn(c1)C2.[Cl-].[Cl-]. The molecule has 0 N–H and O–H groups in total. The quantitative estimate of drug-likeness (QED) is 0.133. The van der Waals surface area contributed by atoms with Crippen molar-refractivity contribution in [2.75, 3.05) is 55.6 Å². The van der Waals surface area contributed by atoms with Gasteiger partial charge in [-0.3, -0.25) is 0 Å². The van der Waals surface area contributed by atoms with E-state index in [9.17, 15) is 0 Å². The molecule has 72 heavy (non-hydrogen) atoms. The van der Waals surface area contributed by atoms with Gasteiger partial charge < -0.3 is 62.7 Å². The molecule has 3 heterocycles. The van der Waals surface area contributed by atoms with Gasteiger partial charge in [-0.25, -0.2) is 18.3 Å². The summed E-state index contributed by atoms with van der Waals surface area (Å²) in [6.07, 6.45) is 12.7. The summed E-state index contributed by atoms with van der Waals surface area (Å²) in [7, 11) is 6.60. The normalized spacial score (nSPS) is 12.2. The zero-order chi connectivity index (χ0) is 47.6. The second-order valence-electron chi connectivity index (χ2n) is 17.6. The van der Waals surface area contributed by atoms with E-state index in [-0.39, 0.29) is 52.0 Å². The van der Waals surface area contributed by atoms with Gasteiger partial charge in [-0.15, -0.1) is 0 Å². The number of nitrogens with zero attached hydrogens (tertiary/aromatic N) is 4. The monoisotopic (exact) mass is 1000 g/mol. The van der Waals surface area contributed by atoms with E-state index in [1.54, 1.807) is 28.4 Å². The minimum absolute atomic E-state index is 0. The number of methoxy groups -OCH3 is 4. The molecule has 12 bridgehead atoms. The van der Waals surface area contributed by atoms with E-state index in [1.807, 2.05) is 0 Å². The number of hydrogen-bond donors (Lipinski definition) is 0. The summed E-state index contributed by atoms with van der Waals surface area (Å²) in [5.41, 5.74) is 7.56. The zero-order valence-electron chi connectivity index (χ0n) is 40.5. The summed E-state index contributed by atoms with van der Waals surface area (Å²) in [4.78, 5) is 0. The fourth-order valence-electron chi connectivity index (χ4n) is 10.2. The highest BCUT2D eigenvalue weighted by molar-refractivity contribution is 6.12. The van der Waals surface area contributed by atoms with Gasteiger partial charge in [-0.1, -0.05) is 97.1 Å². The first-order valence-electron chi connectivity index (χ1n) is 23.3. The fraction of sp³-hybridized carbons (Fsp3) is 0.207. The van der Waals surface area contributed by atoms with E-state index in [0.29, 0.717) is 49.2 Å². The molecule has 0 aliphatic carbocycles. The van der Waals surface area contributed by atoms with Crippen molar-refractivity contribution in [1.29, 1.82) is 0 Å². The van der Waals surface area contributed by atoms with E-state index in [2.05, 4.69) is 177 Å². The van der Waals surface area contributed by atoms with Gasteiger partial charge >= 0.3 is 0 Å². The Balaban J connectivity index is 0.00000320. The highest BCUT2D eigenvalue weighted by Gasteiger charge is 2.29. The van der Waals surface area contributed by atoms with Crippen LogP contribution in [0.3, 0.4) is 0 Å². The van der Waals surface area contributed by atoms with E-state index in [1.165, 1.54) is 0 Å². The molecule has 2 aromatic heterocycles. The van der Waals surface area contributed by atoms with Gasteiger partial charge in [0, 0.05) is 72.9 Å². The van der Waals surface area contributed by atoms with Gasteiger partial charge in [-0.05, 0) is 67.4 Å². The minimum Gasteiger partial charge on any atom is -1.00 e. The molecule has 368 valence electrons. The molecule has 0 saturated heterocycles. The lowest BCUT2D eigenvalue weighted by molar-refractivity contribution is -0.688. The van der Waals surface area contributed by atoms with Crippen molar-refractivity contribution in [3.05, 3.63) is 181 Å². The van der Waals surface area contributed by atoms with Crippen LogP contribution in [-0.4, -0.2) is 64.7 Å². The molecule has 1 aliphatic rings. The fourth-order valence-corrected chi connectivity index (χ4v) is 10.2. The third-order valence-electron chi connectivity index (χ3n) is 13.0. The molecule has 0 saturated carbocycles. The van der Waals surface area contributed by atoms with Crippen LogP contribution in [0.2, 0.25) is 0 Å². The molecular weight excluding hydrogens is 952 g/mol. The lowest BCUT2D eigenvalue weighted by atomic mass is 9.88. The van der Waals surface area contributed by atoms with Crippen LogP contribution in [0.1, 0.15) is 22.3 Å². The summed E-state index contributed by atoms with van der Waals surface area (Å²) < 4.78 is 58.4. The van der Waals surface area contributed by atoms with Crippen LogP contribution in [0.5, 0.6) is 23.0 Å². The van der Waals surface area contributed by atoms with Gasteiger partial charge in [0.2, 0.25) is 12.7 Å². The van der Waals surface area contributed by atoms with Crippen molar-refractivity contribution in [3.8, 4) is 45.3 Å². The number of benzene rings is 8. The number of fused-ring (bicyclic) bond motifs is 22. The molecule has 1 aliphatic heterocycles. The lowest BCUT2D eigenvalue weighted by Gasteiger charge is -2.23. The van der Waals surface area contributed by atoms with E-state index in [0.717, 1.165) is 87.6 Å². The van der Waals surface area contributed by atoms with Crippen LogP contribution < -0.4 is 52.9 Å². The standard InChI is InChI=1S/C58H54N4O8.2ClH/c1-63-35-67-55-43-25-39-13-5-9-17-47(39)51(55)52-48-18-10-6-14-40(48)26-44(56(52)68-36-64-2)30-61-23-24-62(34-61)32-46-28-42-16-8-12-20-50(42)54(58(46)70-38-66-4)53-49-19-11-7-15-41(49)27-45(57(53)69-37-65-3)31-60-22-21-59(29-43)33-60;;/h5-28,33-34H,29-32,35-38H2,1-4H3;2*1H/q+2;;/p-2. The van der Waals surface area contributed by atoms with Crippen molar-refractivity contribution in [1.82, 2.24) is 9.13 Å². The molecule has 0 atom stereocenters. The van der Waals surface area contributed by atoms with Gasteiger partial charge in [0.25, 0.3) is 0 Å². The second-order valence-corrected chi connectivity index (χ2v) is 17.6. The Labute approximate surface area is 430 Å². The van der Waals surface area contributed by atoms with Crippen LogP contribution in [0.25, 0.3) is 65.3 Å². The maximum atomic E-state index is 6.77. The van der Waals surface area contributed by atoms with E-state index < -0.39 is 0 Å². The predicted molar refractivity (Wildman–Crippen MR) is 269 cm³/mol. The first kappa shape index (κ1) is 49.8. The molecule has 0 unspecified atom stereocenters. The van der Waals surface area contributed by atoms with Crippen molar-refractivity contribution < 1.29 is 71.8 Å². The van der Waals surface area contributed by atoms with Crippen LogP contribution in [0.15, 0.2) is 159 Å². The summed E-state index contributed by atoms with van der Waals surface area (Å²) in [6.45, 7) is 2.16. The molecule has 10 aromatic rings. The number of rotatable bonds is 12. The van der Waals surface area contributed by atoms with Crippen molar-refractivity contribution in [2.45, 2.75) is 26.2 Å². The van der Waals surface area contributed by atoms with Gasteiger partial charge in [0.15, 0.2) is 27.2 Å². The second kappa shape index (κ2) is 22.1. The number of ether oxygens (including phenoxy) is 8. The van der Waals surface area contributed by atoms with Crippen LogP contribution >= 0.6 is 0 Å². The smallest absolute Gasteiger partial charge is 0.244 e. The first-order chi connectivity index (χ1) is 34.5. The number of aromatic nitrogens is 4. The molecule has 11 rings (SSSR count). The Morgan fingerprint density at radius 1 is 0.389 bits per heavy atom. The van der Waals surface area contributed by atoms with Gasteiger partial charge in [0.05, 0.1) is 0 Å². The van der Waals surface area contributed by atoms with Gasteiger partial charge in [-0.2, -0.15) is 0 Å². The van der Waals surface area contributed by atoms with Crippen LogP contribution in [0, 0.1) is 0 Å². The summed E-state index contributed by atoms with van der Waals surface area (Å²) >= 11 is 0. The third kappa shape index (κ3) is 9.52. The highest BCUT2D eigenvalue weighted by atomic mass is 35.5. The summed E-state index contributed by atoms with van der Waals surface area (Å²) in [6, 6.07) is 42.7. The zero-order valence-corrected chi connectivity index (χ0v) is 42.0. The Hall–Kier alpha value is -7.16. The number of hydrogen-bond acceptors (Lipinski definition) is 8. The molecular formula is C58H54Cl2N4O8. The largest absolute Gasteiger partial charge is 1.00 e.